The van der Waals surface area contributed by atoms with Crippen molar-refractivity contribution < 1.29 is 9.59 Å². The van der Waals surface area contributed by atoms with Crippen molar-refractivity contribution in [1.29, 1.82) is 0 Å². The molecule has 0 bridgehead atoms. The number of nitrogens with zero attached hydrogens (tertiary/aromatic N) is 3. The highest BCUT2D eigenvalue weighted by atomic mass is 16.2. The zero-order chi connectivity index (χ0) is 17.1. The van der Waals surface area contributed by atoms with Crippen LogP contribution in [0.15, 0.2) is 30.5 Å². The van der Waals surface area contributed by atoms with E-state index in [-0.39, 0.29) is 23.6 Å². The van der Waals surface area contributed by atoms with Gasteiger partial charge in [0.25, 0.3) is 5.91 Å². The Labute approximate surface area is 141 Å². The van der Waals surface area contributed by atoms with Crippen molar-refractivity contribution in [2.24, 2.45) is 0 Å². The summed E-state index contributed by atoms with van der Waals surface area (Å²) in [4.78, 5) is 35.4. The lowest BCUT2D eigenvalue weighted by Crippen LogP contribution is -2.51. The number of amides is 2. The molecule has 6 nitrogen and oxygen atoms in total. The lowest BCUT2D eigenvalue weighted by Gasteiger charge is -2.35. The normalized spacial score (nSPS) is 19.1. The van der Waals surface area contributed by atoms with E-state index in [4.69, 9.17) is 0 Å². The molecule has 1 aliphatic heterocycles. The summed E-state index contributed by atoms with van der Waals surface area (Å²) in [7, 11) is 0. The number of hydrogen-bond acceptors (Lipinski definition) is 4. The summed E-state index contributed by atoms with van der Waals surface area (Å²) in [6.07, 6.45) is 4.63. The van der Waals surface area contributed by atoms with E-state index in [9.17, 15) is 9.59 Å². The number of piperidine rings is 1. The Morgan fingerprint density at radius 3 is 2.75 bits per heavy atom. The van der Waals surface area contributed by atoms with Gasteiger partial charge in [0.15, 0.2) is 0 Å². The van der Waals surface area contributed by atoms with E-state index in [0.29, 0.717) is 5.52 Å². The summed E-state index contributed by atoms with van der Waals surface area (Å²) < 4.78 is 0. The van der Waals surface area contributed by atoms with Gasteiger partial charge in [-0.1, -0.05) is 12.1 Å². The molecule has 0 spiro atoms. The lowest BCUT2D eigenvalue weighted by atomic mass is 10.0. The van der Waals surface area contributed by atoms with Crippen molar-refractivity contribution in [1.82, 2.24) is 20.2 Å². The molecule has 2 unspecified atom stereocenters. The summed E-state index contributed by atoms with van der Waals surface area (Å²) in [6.45, 7) is 4.53. The Balaban J connectivity index is 1.69. The first kappa shape index (κ1) is 16.4. The number of aromatic nitrogens is 2. The molecule has 0 aliphatic carbocycles. The van der Waals surface area contributed by atoms with Gasteiger partial charge in [0.05, 0.1) is 17.2 Å². The predicted molar refractivity (Wildman–Crippen MR) is 91.5 cm³/mol. The van der Waals surface area contributed by atoms with Crippen LogP contribution in [0.4, 0.5) is 0 Å². The van der Waals surface area contributed by atoms with Gasteiger partial charge in [0.2, 0.25) is 5.91 Å². The maximum atomic E-state index is 12.6. The van der Waals surface area contributed by atoms with Gasteiger partial charge in [-0.3, -0.25) is 14.6 Å². The van der Waals surface area contributed by atoms with Crippen LogP contribution in [0.25, 0.3) is 11.0 Å². The fourth-order valence-electron chi connectivity index (χ4n) is 3.07. The molecule has 1 aromatic carbocycles. The van der Waals surface area contributed by atoms with Crippen molar-refractivity contribution in [2.75, 3.05) is 6.54 Å². The van der Waals surface area contributed by atoms with E-state index in [0.717, 1.165) is 31.3 Å². The molecule has 3 rings (SSSR count). The van der Waals surface area contributed by atoms with Gasteiger partial charge >= 0.3 is 0 Å². The van der Waals surface area contributed by atoms with Crippen molar-refractivity contribution in [3.8, 4) is 0 Å². The summed E-state index contributed by atoms with van der Waals surface area (Å²) in [5.41, 5.74) is 1.62. The number of nitrogens with one attached hydrogen (secondary N) is 1. The smallest absolute Gasteiger partial charge is 0.272 e. The third kappa shape index (κ3) is 3.37. The quantitative estimate of drug-likeness (QED) is 0.938. The van der Waals surface area contributed by atoms with Gasteiger partial charge < -0.3 is 10.2 Å². The van der Waals surface area contributed by atoms with E-state index in [1.165, 1.54) is 6.20 Å². The van der Waals surface area contributed by atoms with Crippen molar-refractivity contribution in [3.63, 3.8) is 0 Å². The molecular formula is C18H22N4O2. The highest BCUT2D eigenvalue weighted by Crippen LogP contribution is 2.17. The van der Waals surface area contributed by atoms with Crippen molar-refractivity contribution >= 4 is 22.8 Å². The van der Waals surface area contributed by atoms with Gasteiger partial charge in [-0.05, 0) is 45.2 Å². The largest absolute Gasteiger partial charge is 0.339 e. The van der Waals surface area contributed by atoms with Crippen LogP contribution in [0.3, 0.4) is 0 Å². The molecule has 1 fully saturated rings. The summed E-state index contributed by atoms with van der Waals surface area (Å²) in [5, 5.41) is 2.75. The van der Waals surface area contributed by atoms with Crippen molar-refractivity contribution in [2.45, 2.75) is 45.2 Å². The molecule has 24 heavy (non-hydrogen) atoms. The number of carbonyl (C=O) groups is 2. The second kappa shape index (κ2) is 6.95. The number of rotatable bonds is 3. The van der Waals surface area contributed by atoms with E-state index in [1.54, 1.807) is 6.92 Å². The Bertz CT molecular complexity index is 762. The molecule has 2 aromatic rings. The molecule has 1 aromatic heterocycles. The van der Waals surface area contributed by atoms with Gasteiger partial charge in [-0.2, -0.15) is 0 Å². The van der Waals surface area contributed by atoms with Crippen LogP contribution in [0.2, 0.25) is 0 Å². The third-order valence-electron chi connectivity index (χ3n) is 4.49. The Morgan fingerprint density at radius 2 is 2.00 bits per heavy atom. The fourth-order valence-corrected chi connectivity index (χ4v) is 3.07. The Morgan fingerprint density at radius 1 is 1.25 bits per heavy atom. The fraction of sp³-hybridized carbons (Fsp3) is 0.444. The minimum atomic E-state index is -0.577. The van der Waals surface area contributed by atoms with Crippen LogP contribution in [-0.4, -0.2) is 45.3 Å². The molecule has 0 radical (unpaired) electrons. The summed E-state index contributed by atoms with van der Waals surface area (Å²) >= 11 is 0. The first-order valence-corrected chi connectivity index (χ1v) is 8.39. The number of para-hydroxylation sites is 2. The third-order valence-corrected chi connectivity index (χ3v) is 4.49. The zero-order valence-electron chi connectivity index (χ0n) is 14.0. The van der Waals surface area contributed by atoms with Gasteiger partial charge in [0.1, 0.15) is 11.7 Å². The molecule has 2 amide bonds. The van der Waals surface area contributed by atoms with Crippen LogP contribution in [0.5, 0.6) is 0 Å². The molecule has 6 heteroatoms. The van der Waals surface area contributed by atoms with Gasteiger partial charge in [-0.15, -0.1) is 0 Å². The molecule has 1 aliphatic rings. The van der Waals surface area contributed by atoms with Crippen LogP contribution >= 0.6 is 0 Å². The molecule has 2 atom stereocenters. The van der Waals surface area contributed by atoms with E-state index in [1.807, 2.05) is 29.2 Å². The zero-order valence-corrected chi connectivity index (χ0v) is 14.0. The monoisotopic (exact) mass is 326 g/mol. The van der Waals surface area contributed by atoms with Crippen molar-refractivity contribution in [3.05, 3.63) is 36.2 Å². The SMILES string of the molecule is CC(NC(=O)c1cnc2ccccc2n1)C(=O)N1CCCCC1C. The van der Waals surface area contributed by atoms with Crippen LogP contribution in [-0.2, 0) is 4.79 Å². The Hall–Kier alpha value is -2.50. The standard InChI is InChI=1S/C18H22N4O2/c1-12-7-5-6-10-22(12)18(24)13(2)20-17(23)16-11-19-14-8-3-4-9-15(14)21-16/h3-4,8-9,11-13H,5-7,10H2,1-2H3,(H,20,23). The average Bonchev–Trinajstić information content (AvgIpc) is 2.61. The molecule has 2 heterocycles. The van der Waals surface area contributed by atoms with E-state index < -0.39 is 6.04 Å². The van der Waals surface area contributed by atoms with E-state index >= 15 is 0 Å². The van der Waals surface area contributed by atoms with Crippen LogP contribution in [0, 0.1) is 0 Å². The lowest BCUT2D eigenvalue weighted by molar-refractivity contribution is -0.136. The average molecular weight is 326 g/mol. The molecular weight excluding hydrogens is 304 g/mol. The second-order valence-electron chi connectivity index (χ2n) is 6.32. The van der Waals surface area contributed by atoms with Crippen LogP contribution in [0.1, 0.15) is 43.6 Å². The van der Waals surface area contributed by atoms with Crippen LogP contribution < -0.4 is 5.32 Å². The molecule has 0 saturated carbocycles. The number of fused-ring (bicyclic) bond motifs is 1. The number of likely N-dealkylation sites (tertiary alicyclic amines) is 1. The topological polar surface area (TPSA) is 75.2 Å². The second-order valence-corrected chi connectivity index (χ2v) is 6.32. The minimum Gasteiger partial charge on any atom is -0.339 e. The highest BCUT2D eigenvalue weighted by molar-refractivity contribution is 5.97. The number of carbonyl (C=O) groups excluding carboxylic acids is 2. The maximum Gasteiger partial charge on any atom is 0.272 e. The summed E-state index contributed by atoms with van der Waals surface area (Å²) in [6, 6.07) is 7.02. The van der Waals surface area contributed by atoms with Gasteiger partial charge in [0, 0.05) is 12.6 Å². The molecule has 1 N–H and O–H groups in total. The molecule has 126 valence electrons. The highest BCUT2D eigenvalue weighted by Gasteiger charge is 2.28. The Kier molecular flexibility index (Phi) is 4.74. The molecule has 1 saturated heterocycles. The first-order valence-electron chi connectivity index (χ1n) is 8.39. The maximum absolute atomic E-state index is 12.6. The first-order chi connectivity index (χ1) is 11.6. The minimum absolute atomic E-state index is 0.0377. The number of hydrogen-bond donors (Lipinski definition) is 1. The number of benzene rings is 1. The van der Waals surface area contributed by atoms with Gasteiger partial charge in [-0.25, -0.2) is 4.98 Å². The predicted octanol–water partition coefficient (Wildman–Crippen LogP) is 2.15. The summed E-state index contributed by atoms with van der Waals surface area (Å²) in [5.74, 6) is -0.414. The van der Waals surface area contributed by atoms with E-state index in [2.05, 4.69) is 22.2 Å².